The Morgan fingerprint density at radius 3 is 2.82 bits per heavy atom. The monoisotopic (exact) mass is 444 g/mol. The average molecular weight is 445 g/mol. The molecule has 170 valence electrons. The van der Waals surface area contributed by atoms with Crippen LogP contribution in [-0.4, -0.2) is 29.9 Å². The van der Waals surface area contributed by atoms with E-state index in [9.17, 15) is 9.90 Å². The third kappa shape index (κ3) is 2.72. The molecule has 1 aliphatic heterocycles. The summed E-state index contributed by atoms with van der Waals surface area (Å²) in [7, 11) is 1.63. The Kier molecular flexibility index (Phi) is 4.50. The highest BCUT2D eigenvalue weighted by Crippen LogP contribution is 2.68. The van der Waals surface area contributed by atoms with E-state index < -0.39 is 23.1 Å². The van der Waals surface area contributed by atoms with Gasteiger partial charge in [0.15, 0.2) is 17.6 Å². The Bertz CT molecular complexity index is 1180. The van der Waals surface area contributed by atoms with Gasteiger partial charge in [-0.05, 0) is 66.9 Å². The van der Waals surface area contributed by atoms with Gasteiger partial charge in [-0.25, -0.2) is 4.79 Å². The van der Waals surface area contributed by atoms with Crippen molar-refractivity contribution >= 4 is 12.0 Å². The summed E-state index contributed by atoms with van der Waals surface area (Å²) in [6.07, 6.45) is 7.55. The van der Waals surface area contributed by atoms with E-state index in [1.54, 1.807) is 13.2 Å². The maximum atomic E-state index is 12.7. The Morgan fingerprint density at radius 1 is 1.21 bits per heavy atom. The molecule has 0 aromatic heterocycles. The van der Waals surface area contributed by atoms with E-state index in [4.69, 9.17) is 14.2 Å². The van der Waals surface area contributed by atoms with Crippen LogP contribution in [0.25, 0.3) is 6.08 Å². The minimum Gasteiger partial charge on any atom is -0.493 e. The summed E-state index contributed by atoms with van der Waals surface area (Å²) >= 11 is 0. The molecule has 5 heteroatoms. The first-order valence-corrected chi connectivity index (χ1v) is 11.7. The average Bonchev–Trinajstić information content (AvgIpc) is 3.18. The number of carbonyl (C=O) groups is 1. The standard InChI is InChI=1S/C28H28O5/c1-17-12-14-27-24-19-9-10-21(31-2)25(24)33-26(27)22(13-15-28(27,30)20(17)16-19)32-23(29)11-8-18-6-4-3-5-7-18/h3-11,13,17,20,26,30H,12,14-16H2,1-2H3/b11-8+/t17?,20-,26?,27-,28+/m0/s1. The molecular formula is C28H28O5. The normalized spacial score (nSPS) is 33.2. The molecule has 1 N–H and O–H groups in total. The highest BCUT2D eigenvalue weighted by Gasteiger charge is 2.71. The van der Waals surface area contributed by atoms with E-state index in [1.165, 1.54) is 11.6 Å². The predicted molar refractivity (Wildman–Crippen MR) is 124 cm³/mol. The number of hydrogen-bond acceptors (Lipinski definition) is 5. The molecule has 0 radical (unpaired) electrons. The summed E-state index contributed by atoms with van der Waals surface area (Å²) in [5.41, 5.74) is 1.63. The molecular weight excluding hydrogens is 416 g/mol. The molecule has 1 spiro atoms. The van der Waals surface area contributed by atoms with Crippen LogP contribution in [0.1, 0.15) is 42.9 Å². The number of rotatable bonds is 4. The van der Waals surface area contributed by atoms with Crippen molar-refractivity contribution in [2.75, 3.05) is 7.11 Å². The first kappa shape index (κ1) is 20.5. The number of methoxy groups -OCH3 is 1. The third-order valence-electron chi connectivity index (χ3n) is 8.37. The molecule has 2 aromatic carbocycles. The quantitative estimate of drug-likeness (QED) is 0.553. The lowest BCUT2D eigenvalue weighted by Crippen LogP contribution is -2.69. The second kappa shape index (κ2) is 7.22. The summed E-state index contributed by atoms with van der Waals surface area (Å²) in [6, 6.07) is 13.7. The van der Waals surface area contributed by atoms with E-state index >= 15 is 0 Å². The molecule has 0 amide bonds. The molecule has 5 atom stereocenters. The topological polar surface area (TPSA) is 65.0 Å². The molecule has 3 aliphatic carbocycles. The zero-order chi connectivity index (χ0) is 22.8. The van der Waals surface area contributed by atoms with Gasteiger partial charge in [0.1, 0.15) is 5.76 Å². The summed E-state index contributed by atoms with van der Waals surface area (Å²) in [5.74, 6) is 1.93. The highest BCUT2D eigenvalue weighted by atomic mass is 16.6. The largest absolute Gasteiger partial charge is 0.493 e. The summed E-state index contributed by atoms with van der Waals surface area (Å²) < 4.78 is 18.0. The van der Waals surface area contributed by atoms with Gasteiger partial charge in [0.2, 0.25) is 0 Å². The minimum atomic E-state index is -0.935. The fraction of sp³-hybridized carbons (Fsp3) is 0.393. The number of carbonyl (C=O) groups excluding carboxylic acids is 1. The van der Waals surface area contributed by atoms with Gasteiger partial charge in [-0.15, -0.1) is 0 Å². The van der Waals surface area contributed by atoms with Crippen LogP contribution in [0.15, 0.2) is 60.4 Å². The fourth-order valence-corrected chi connectivity index (χ4v) is 6.84. The number of aliphatic hydroxyl groups is 1. The molecule has 1 heterocycles. The molecule has 2 bridgehead atoms. The van der Waals surface area contributed by atoms with Crippen molar-refractivity contribution in [3.8, 4) is 11.5 Å². The summed E-state index contributed by atoms with van der Waals surface area (Å²) in [5, 5.41) is 12.2. The van der Waals surface area contributed by atoms with Crippen LogP contribution in [-0.2, 0) is 21.4 Å². The van der Waals surface area contributed by atoms with Gasteiger partial charge in [0.05, 0.1) is 18.1 Å². The number of benzene rings is 2. The highest BCUT2D eigenvalue weighted by molar-refractivity contribution is 5.88. The van der Waals surface area contributed by atoms with E-state index in [0.717, 1.165) is 30.4 Å². The van der Waals surface area contributed by atoms with E-state index in [0.29, 0.717) is 29.6 Å². The van der Waals surface area contributed by atoms with Crippen molar-refractivity contribution in [1.29, 1.82) is 0 Å². The van der Waals surface area contributed by atoms with Crippen LogP contribution >= 0.6 is 0 Å². The number of ether oxygens (including phenoxy) is 3. The number of hydrogen-bond donors (Lipinski definition) is 1. The maximum absolute atomic E-state index is 12.7. The summed E-state index contributed by atoms with van der Waals surface area (Å²) in [4.78, 5) is 12.7. The molecule has 1 fully saturated rings. The van der Waals surface area contributed by atoms with Crippen molar-refractivity contribution in [2.45, 2.75) is 49.7 Å². The van der Waals surface area contributed by atoms with E-state index in [1.807, 2.05) is 42.5 Å². The SMILES string of the molecule is COc1ccc2c3c1OC1C(OC(=O)/C=C/c4ccccc4)=CC[C@@]4(O)[C@@H](C2)C(C)CC[C@]314. The van der Waals surface area contributed by atoms with Gasteiger partial charge in [0, 0.05) is 11.6 Å². The van der Waals surface area contributed by atoms with Gasteiger partial charge in [-0.2, -0.15) is 0 Å². The lowest BCUT2D eigenvalue weighted by atomic mass is 9.45. The Hall–Kier alpha value is -3.05. The van der Waals surface area contributed by atoms with E-state index in [2.05, 4.69) is 13.0 Å². The minimum absolute atomic E-state index is 0.135. The van der Waals surface area contributed by atoms with Crippen LogP contribution in [0, 0.1) is 11.8 Å². The molecule has 33 heavy (non-hydrogen) atoms. The zero-order valence-corrected chi connectivity index (χ0v) is 18.9. The van der Waals surface area contributed by atoms with Crippen LogP contribution in [0.5, 0.6) is 11.5 Å². The fourth-order valence-electron chi connectivity index (χ4n) is 6.84. The first-order chi connectivity index (χ1) is 16.0. The Balaban J connectivity index is 1.40. The van der Waals surface area contributed by atoms with Crippen molar-refractivity contribution < 1.29 is 24.1 Å². The molecule has 5 nitrogen and oxygen atoms in total. The van der Waals surface area contributed by atoms with E-state index in [-0.39, 0.29) is 5.92 Å². The molecule has 2 aromatic rings. The second-order valence-electron chi connectivity index (χ2n) is 9.83. The van der Waals surface area contributed by atoms with Gasteiger partial charge in [-0.1, -0.05) is 43.3 Å². The van der Waals surface area contributed by atoms with Crippen molar-refractivity contribution in [3.05, 3.63) is 77.1 Å². The first-order valence-electron chi connectivity index (χ1n) is 11.7. The van der Waals surface area contributed by atoms with Gasteiger partial charge < -0.3 is 19.3 Å². The number of esters is 1. The lowest BCUT2D eigenvalue weighted by Gasteiger charge is -2.61. The van der Waals surface area contributed by atoms with Gasteiger partial charge >= 0.3 is 5.97 Å². The van der Waals surface area contributed by atoms with Crippen LogP contribution in [0.4, 0.5) is 0 Å². The zero-order valence-electron chi connectivity index (χ0n) is 18.9. The molecule has 0 saturated heterocycles. The molecule has 4 aliphatic rings. The van der Waals surface area contributed by atoms with Crippen LogP contribution in [0.3, 0.4) is 0 Å². The third-order valence-corrected chi connectivity index (χ3v) is 8.37. The maximum Gasteiger partial charge on any atom is 0.335 e. The second-order valence-corrected chi connectivity index (χ2v) is 9.83. The molecule has 2 unspecified atom stereocenters. The van der Waals surface area contributed by atoms with Crippen molar-refractivity contribution in [2.24, 2.45) is 11.8 Å². The predicted octanol–water partition coefficient (Wildman–Crippen LogP) is 4.57. The van der Waals surface area contributed by atoms with Crippen LogP contribution in [0.2, 0.25) is 0 Å². The summed E-state index contributed by atoms with van der Waals surface area (Å²) in [6.45, 7) is 2.24. The lowest BCUT2D eigenvalue weighted by molar-refractivity contribution is -0.169. The smallest absolute Gasteiger partial charge is 0.335 e. The Labute approximate surface area is 193 Å². The van der Waals surface area contributed by atoms with Crippen molar-refractivity contribution in [3.63, 3.8) is 0 Å². The Morgan fingerprint density at radius 2 is 2.03 bits per heavy atom. The molecule has 6 rings (SSSR count). The van der Waals surface area contributed by atoms with Gasteiger partial charge in [-0.3, -0.25) is 0 Å². The van der Waals surface area contributed by atoms with Crippen LogP contribution < -0.4 is 9.47 Å². The van der Waals surface area contributed by atoms with Crippen molar-refractivity contribution in [1.82, 2.24) is 0 Å². The molecule has 1 saturated carbocycles. The van der Waals surface area contributed by atoms with Gasteiger partial charge in [0.25, 0.3) is 0 Å².